The molecule has 0 saturated carbocycles. The molecule has 3 nitrogen and oxygen atoms in total. The minimum absolute atomic E-state index is 0.140. The van der Waals surface area contributed by atoms with Gasteiger partial charge in [-0.05, 0) is 17.7 Å². The van der Waals surface area contributed by atoms with Crippen molar-refractivity contribution in [1.29, 1.82) is 0 Å². The second-order valence-electron chi connectivity index (χ2n) is 6.49. The Balaban J connectivity index is 1.88. The minimum Gasteiger partial charge on any atom is -0.414 e. The van der Waals surface area contributed by atoms with E-state index in [4.69, 9.17) is 95.0 Å². The van der Waals surface area contributed by atoms with Crippen molar-refractivity contribution in [3.05, 3.63) is 89.3 Å². The van der Waals surface area contributed by atoms with Crippen molar-refractivity contribution >= 4 is 88.1 Å². The van der Waals surface area contributed by atoms with Gasteiger partial charge in [-0.3, -0.25) is 4.52 Å². The molecule has 0 N–H and O–H groups in total. The summed E-state index contributed by atoms with van der Waals surface area (Å²) in [6.07, 6.45) is 0.150. The van der Waals surface area contributed by atoms with E-state index in [2.05, 4.69) is 0 Å². The summed E-state index contributed by atoms with van der Waals surface area (Å²) in [6.45, 7) is -3.34. The third-order valence-electron chi connectivity index (χ3n) is 4.43. The molecule has 0 radical (unpaired) electrons. The van der Waals surface area contributed by atoms with Crippen molar-refractivity contribution in [3.63, 3.8) is 0 Å². The molecule has 31 heavy (non-hydrogen) atoms. The van der Waals surface area contributed by atoms with Gasteiger partial charge in [0, 0.05) is 29.4 Å². The van der Waals surface area contributed by atoms with E-state index < -0.39 is 6.72 Å². The molecule has 0 saturated heterocycles. The third-order valence-corrected chi connectivity index (χ3v) is 8.67. The molecule has 0 atom stereocenters. The Bertz CT molecular complexity index is 1150. The fraction of sp³-hybridized carbons (Fsp3) is 0.100. The standard InChI is InChI=1S/C20H11Cl6O3PS/c21-13-7-15(23)19-11(17(13)25)6-12-18(26)14(22)8-16(24)20(12)29-30(31,28-19)27-9-10-4-2-1-3-5-10/h1-5,7-8H,6,9H2. The molecule has 1 heterocycles. The minimum atomic E-state index is -3.48. The first kappa shape index (κ1) is 23.8. The van der Waals surface area contributed by atoms with E-state index in [1.54, 1.807) is 0 Å². The summed E-state index contributed by atoms with van der Waals surface area (Å²) in [6, 6.07) is 12.4. The van der Waals surface area contributed by atoms with Gasteiger partial charge in [0.15, 0.2) is 11.5 Å². The van der Waals surface area contributed by atoms with Crippen LogP contribution in [0.25, 0.3) is 0 Å². The number of rotatable bonds is 3. The van der Waals surface area contributed by atoms with Crippen molar-refractivity contribution in [2.75, 3.05) is 0 Å². The van der Waals surface area contributed by atoms with Gasteiger partial charge in [0.25, 0.3) is 0 Å². The van der Waals surface area contributed by atoms with Crippen LogP contribution in [0.2, 0.25) is 30.1 Å². The summed E-state index contributed by atoms with van der Waals surface area (Å²) in [4.78, 5) is 0. The Morgan fingerprint density at radius 3 is 1.74 bits per heavy atom. The summed E-state index contributed by atoms with van der Waals surface area (Å²) >= 11 is 44.0. The quantitative estimate of drug-likeness (QED) is 0.230. The van der Waals surface area contributed by atoms with Crippen molar-refractivity contribution in [2.24, 2.45) is 0 Å². The molecule has 3 aromatic rings. The molecule has 11 heteroatoms. The van der Waals surface area contributed by atoms with Crippen LogP contribution in [0.3, 0.4) is 0 Å². The van der Waals surface area contributed by atoms with Gasteiger partial charge in [-0.1, -0.05) is 99.9 Å². The van der Waals surface area contributed by atoms with E-state index in [0.29, 0.717) is 11.1 Å². The van der Waals surface area contributed by atoms with Crippen molar-refractivity contribution in [2.45, 2.75) is 13.0 Å². The number of hydrogen-bond acceptors (Lipinski definition) is 4. The number of fused-ring (bicyclic) bond motifs is 2. The highest BCUT2D eigenvalue weighted by molar-refractivity contribution is 8.07. The van der Waals surface area contributed by atoms with Gasteiger partial charge in [-0.25, -0.2) is 0 Å². The summed E-state index contributed by atoms with van der Waals surface area (Å²) in [5.74, 6) is 0.426. The van der Waals surface area contributed by atoms with E-state index in [-0.39, 0.29) is 54.7 Å². The molecule has 4 rings (SSSR count). The van der Waals surface area contributed by atoms with E-state index in [1.165, 1.54) is 12.1 Å². The highest BCUT2D eigenvalue weighted by Gasteiger charge is 2.35. The molecule has 0 unspecified atom stereocenters. The van der Waals surface area contributed by atoms with Gasteiger partial charge in [0.1, 0.15) is 0 Å². The zero-order chi connectivity index (χ0) is 22.3. The molecule has 1 aliphatic heterocycles. The highest BCUT2D eigenvalue weighted by Crippen LogP contribution is 2.59. The molecule has 1 aliphatic rings. The summed E-state index contributed by atoms with van der Waals surface area (Å²) < 4.78 is 18.1. The second-order valence-corrected chi connectivity index (χ2v) is 11.7. The molecule has 3 aromatic carbocycles. The lowest BCUT2D eigenvalue weighted by Crippen LogP contribution is -2.12. The van der Waals surface area contributed by atoms with Crippen LogP contribution in [0.5, 0.6) is 11.5 Å². The average molecular weight is 575 g/mol. The van der Waals surface area contributed by atoms with Crippen LogP contribution in [0, 0.1) is 0 Å². The van der Waals surface area contributed by atoms with Crippen molar-refractivity contribution < 1.29 is 13.6 Å². The van der Waals surface area contributed by atoms with Crippen LogP contribution in [-0.4, -0.2) is 0 Å². The van der Waals surface area contributed by atoms with Gasteiger partial charge in [-0.2, -0.15) is 0 Å². The summed E-state index contributed by atoms with van der Waals surface area (Å²) in [5.41, 5.74) is 1.82. The molecular formula is C20H11Cl6O3PS. The van der Waals surface area contributed by atoms with Crippen LogP contribution < -0.4 is 9.05 Å². The first-order chi connectivity index (χ1) is 14.7. The fourth-order valence-corrected chi connectivity index (χ4v) is 6.49. The van der Waals surface area contributed by atoms with Crippen LogP contribution in [-0.2, 0) is 29.4 Å². The topological polar surface area (TPSA) is 27.7 Å². The van der Waals surface area contributed by atoms with Crippen LogP contribution in [0.4, 0.5) is 0 Å². The molecule has 0 aromatic heterocycles. The molecule has 162 valence electrons. The maximum Gasteiger partial charge on any atom is 0.435 e. The first-order valence-electron chi connectivity index (χ1n) is 8.69. The van der Waals surface area contributed by atoms with Gasteiger partial charge in [0.05, 0.1) is 36.7 Å². The lowest BCUT2D eigenvalue weighted by molar-refractivity contribution is 0.251. The molecule has 0 bridgehead atoms. The first-order valence-corrected chi connectivity index (χ1v) is 13.5. The van der Waals surface area contributed by atoms with E-state index in [0.717, 1.165) is 5.56 Å². The predicted octanol–water partition coefficient (Wildman–Crippen LogP) is 9.41. The Hall–Kier alpha value is -0.390. The number of benzene rings is 3. The van der Waals surface area contributed by atoms with Gasteiger partial charge in [0.2, 0.25) is 0 Å². The lowest BCUT2D eigenvalue weighted by Gasteiger charge is -2.29. The Morgan fingerprint density at radius 2 is 1.26 bits per heavy atom. The predicted molar refractivity (Wildman–Crippen MR) is 133 cm³/mol. The SMILES string of the molecule is S=P1(OCc2ccccc2)Oc2c(Cl)cc(Cl)c(Cl)c2Cc2c(Cl)c(Cl)cc(Cl)c2O1. The largest absolute Gasteiger partial charge is 0.435 e. The molecule has 0 aliphatic carbocycles. The van der Waals surface area contributed by atoms with Gasteiger partial charge >= 0.3 is 6.72 Å². The number of hydrogen-bond donors (Lipinski definition) is 0. The van der Waals surface area contributed by atoms with E-state index in [9.17, 15) is 0 Å². The van der Waals surface area contributed by atoms with E-state index in [1.807, 2.05) is 30.3 Å². The third kappa shape index (κ3) is 4.94. The fourth-order valence-electron chi connectivity index (χ4n) is 2.97. The smallest absolute Gasteiger partial charge is 0.414 e. The maximum atomic E-state index is 6.49. The van der Waals surface area contributed by atoms with Crippen molar-refractivity contribution in [1.82, 2.24) is 0 Å². The summed E-state index contributed by atoms with van der Waals surface area (Å²) in [5, 5.41) is 1.40. The Kier molecular flexibility index (Phi) is 7.25. The van der Waals surface area contributed by atoms with Gasteiger partial charge < -0.3 is 9.05 Å². The Morgan fingerprint density at radius 1 is 0.774 bits per heavy atom. The molecule has 0 amide bonds. The zero-order valence-corrected chi connectivity index (χ0v) is 21.6. The molecule has 0 fully saturated rings. The van der Waals surface area contributed by atoms with Crippen LogP contribution in [0.15, 0.2) is 42.5 Å². The highest BCUT2D eigenvalue weighted by atomic mass is 35.5. The summed E-state index contributed by atoms with van der Waals surface area (Å²) in [7, 11) is 0. The van der Waals surface area contributed by atoms with Crippen LogP contribution >= 0.6 is 76.3 Å². The normalized spacial score (nSPS) is 14.5. The van der Waals surface area contributed by atoms with Crippen LogP contribution in [0.1, 0.15) is 16.7 Å². The van der Waals surface area contributed by atoms with Crippen molar-refractivity contribution in [3.8, 4) is 11.5 Å². The van der Waals surface area contributed by atoms with Gasteiger partial charge in [-0.15, -0.1) is 0 Å². The monoisotopic (exact) mass is 572 g/mol. The molecular weight excluding hydrogens is 564 g/mol. The second kappa shape index (κ2) is 9.46. The zero-order valence-electron chi connectivity index (χ0n) is 15.3. The lowest BCUT2D eigenvalue weighted by atomic mass is 10.0. The Labute approximate surface area is 214 Å². The maximum absolute atomic E-state index is 6.49. The molecule has 0 spiro atoms. The van der Waals surface area contributed by atoms with E-state index >= 15 is 0 Å². The average Bonchev–Trinajstić information content (AvgIpc) is 2.73. The number of halogens is 6.